The predicted molar refractivity (Wildman–Crippen MR) is 128 cm³/mol. The molecule has 0 aromatic carbocycles. The zero-order chi connectivity index (χ0) is 25.4. The molecule has 2 saturated heterocycles. The van der Waals surface area contributed by atoms with Gasteiger partial charge in [-0.15, -0.1) is 0 Å². The number of Topliss-reactive ketones (excluding diaryl/α,β-unsaturated/α-hetero) is 1. The van der Waals surface area contributed by atoms with Gasteiger partial charge in [0.05, 0.1) is 24.1 Å². The summed E-state index contributed by atoms with van der Waals surface area (Å²) in [6, 6.07) is 1.71. The third kappa shape index (κ3) is 4.32. The Balaban J connectivity index is 1.39. The number of hydrogen-bond donors (Lipinski definition) is 4. The largest absolute Gasteiger partial charge is 0.481 e. The maximum Gasteiger partial charge on any atom is 0.271 e. The van der Waals surface area contributed by atoms with Gasteiger partial charge in [-0.1, -0.05) is 6.42 Å². The number of hydrogen-bond acceptors (Lipinski definition) is 7. The Morgan fingerprint density at radius 2 is 2.14 bits per heavy atom. The van der Waals surface area contributed by atoms with Crippen LogP contribution in [0.25, 0.3) is 10.9 Å². The number of aliphatic hydroxyl groups excluding tert-OH is 1. The summed E-state index contributed by atoms with van der Waals surface area (Å²) in [6.45, 7) is 0.247. The first-order valence-corrected chi connectivity index (χ1v) is 12.5. The smallest absolute Gasteiger partial charge is 0.271 e. The summed E-state index contributed by atoms with van der Waals surface area (Å²) in [6.07, 6.45) is 5.02. The molecule has 0 unspecified atom stereocenters. The number of aliphatic hydroxyl groups is 1. The number of fused-ring (bicyclic) bond motifs is 2. The Labute approximate surface area is 208 Å². The monoisotopic (exact) mass is 497 g/mol. The van der Waals surface area contributed by atoms with E-state index in [0.29, 0.717) is 42.0 Å². The van der Waals surface area contributed by atoms with E-state index in [2.05, 4.69) is 20.6 Å². The summed E-state index contributed by atoms with van der Waals surface area (Å²) in [5.74, 6) is -1.22. The fourth-order valence-electron chi connectivity index (χ4n) is 6.10. The van der Waals surface area contributed by atoms with Crippen LogP contribution < -0.4 is 15.4 Å². The number of pyridine rings is 1. The van der Waals surface area contributed by atoms with E-state index in [1.807, 2.05) is 0 Å². The summed E-state index contributed by atoms with van der Waals surface area (Å²) >= 11 is 0. The first-order valence-electron chi connectivity index (χ1n) is 12.5. The average molecular weight is 498 g/mol. The van der Waals surface area contributed by atoms with Crippen molar-refractivity contribution in [3.63, 3.8) is 0 Å². The molecule has 1 saturated carbocycles. The van der Waals surface area contributed by atoms with Crippen molar-refractivity contribution >= 4 is 34.4 Å². The number of carbonyl (C=O) groups excluding carboxylic acids is 4. The van der Waals surface area contributed by atoms with Crippen LogP contribution in [0.3, 0.4) is 0 Å². The standard InChI is InChI=1S/C25H31N5O6/c1-36-24-16-10-19(28-17(16)6-8-27-24)25(35)30-11-14-3-2-4-15(14)21(30)23(34)29-18(20(32)12-31)9-13-5-7-26-22(13)33/h6,8,10,13-15,18,21,28,31H,2-5,7,9,11-12H2,1H3,(H,26,33)(H,29,34)/t13-,14-,15-,18-,21-/m0/s1. The number of nitrogens with zero attached hydrogens (tertiary/aromatic N) is 2. The van der Waals surface area contributed by atoms with Gasteiger partial charge in [-0.05, 0) is 49.7 Å². The summed E-state index contributed by atoms with van der Waals surface area (Å²) in [7, 11) is 1.51. The minimum absolute atomic E-state index is 0.00538. The molecular formula is C25H31N5O6. The van der Waals surface area contributed by atoms with Crippen molar-refractivity contribution in [3.8, 4) is 5.88 Å². The minimum atomic E-state index is -0.989. The molecule has 11 heteroatoms. The second-order valence-electron chi connectivity index (χ2n) is 9.92. The van der Waals surface area contributed by atoms with Gasteiger partial charge in [-0.3, -0.25) is 19.2 Å². The van der Waals surface area contributed by atoms with E-state index in [-0.39, 0.29) is 30.1 Å². The quantitative estimate of drug-likeness (QED) is 0.411. The van der Waals surface area contributed by atoms with E-state index in [1.54, 1.807) is 23.2 Å². The van der Waals surface area contributed by atoms with E-state index in [1.165, 1.54) is 7.11 Å². The van der Waals surface area contributed by atoms with Crippen molar-refractivity contribution in [1.29, 1.82) is 0 Å². The number of aromatic nitrogens is 2. The maximum atomic E-state index is 13.7. The van der Waals surface area contributed by atoms with Gasteiger partial charge in [0.25, 0.3) is 5.91 Å². The van der Waals surface area contributed by atoms with Gasteiger partial charge in [0.1, 0.15) is 18.3 Å². The van der Waals surface area contributed by atoms with Crippen molar-refractivity contribution in [1.82, 2.24) is 25.5 Å². The molecule has 1 aliphatic carbocycles. The van der Waals surface area contributed by atoms with E-state index >= 15 is 0 Å². The van der Waals surface area contributed by atoms with Crippen LogP contribution >= 0.6 is 0 Å². The number of aromatic amines is 1. The molecule has 5 rings (SSSR count). The highest BCUT2D eigenvalue weighted by molar-refractivity contribution is 6.02. The van der Waals surface area contributed by atoms with Crippen LogP contribution in [0, 0.1) is 17.8 Å². The molecule has 3 amide bonds. The number of H-pyrrole nitrogens is 1. The lowest BCUT2D eigenvalue weighted by Gasteiger charge is -2.29. The van der Waals surface area contributed by atoms with Gasteiger partial charge in [-0.25, -0.2) is 4.98 Å². The molecule has 11 nitrogen and oxygen atoms in total. The average Bonchev–Trinajstić information content (AvgIpc) is 3.66. The van der Waals surface area contributed by atoms with Crippen LogP contribution in [-0.2, 0) is 14.4 Å². The molecular weight excluding hydrogens is 466 g/mol. The Kier molecular flexibility index (Phi) is 6.65. The van der Waals surface area contributed by atoms with Gasteiger partial charge in [-0.2, -0.15) is 0 Å². The Morgan fingerprint density at radius 1 is 1.31 bits per heavy atom. The highest BCUT2D eigenvalue weighted by atomic mass is 16.5. The number of methoxy groups -OCH3 is 1. The summed E-state index contributed by atoms with van der Waals surface area (Å²) < 4.78 is 5.30. The highest BCUT2D eigenvalue weighted by Crippen LogP contribution is 2.43. The Bertz CT molecular complexity index is 1190. The Morgan fingerprint density at radius 3 is 2.86 bits per heavy atom. The zero-order valence-electron chi connectivity index (χ0n) is 20.2. The van der Waals surface area contributed by atoms with E-state index < -0.39 is 36.3 Å². The normalized spacial score (nSPS) is 26.1. The van der Waals surface area contributed by atoms with Crippen LogP contribution in [0.4, 0.5) is 0 Å². The molecule has 5 atom stereocenters. The fourth-order valence-corrected chi connectivity index (χ4v) is 6.10. The van der Waals surface area contributed by atoms with Crippen LogP contribution in [0.1, 0.15) is 42.6 Å². The zero-order valence-corrected chi connectivity index (χ0v) is 20.2. The predicted octanol–water partition coefficient (Wildman–Crippen LogP) is 0.385. The van der Waals surface area contributed by atoms with Crippen LogP contribution in [-0.4, -0.2) is 82.4 Å². The number of ketones is 1. The molecule has 2 aliphatic heterocycles. The van der Waals surface area contributed by atoms with Gasteiger partial charge in [0, 0.05) is 25.2 Å². The topological polar surface area (TPSA) is 154 Å². The lowest BCUT2D eigenvalue weighted by molar-refractivity contribution is -0.133. The van der Waals surface area contributed by atoms with Crippen molar-refractivity contribution in [2.75, 3.05) is 26.8 Å². The van der Waals surface area contributed by atoms with Gasteiger partial charge in [0.15, 0.2) is 5.78 Å². The summed E-state index contributed by atoms with van der Waals surface area (Å²) in [4.78, 5) is 60.7. The van der Waals surface area contributed by atoms with Crippen molar-refractivity contribution in [2.45, 2.75) is 44.2 Å². The number of rotatable bonds is 8. The number of carbonyl (C=O) groups is 4. The SMILES string of the molecule is COc1nccc2[nH]c(C(=O)N3C[C@@H]4CCC[C@@H]4[C@H]3C(=O)N[C@@H](C[C@@H]3CCNC3=O)C(=O)CO)cc12. The molecule has 2 aromatic rings. The van der Waals surface area contributed by atoms with Crippen molar-refractivity contribution < 1.29 is 29.0 Å². The van der Waals surface area contributed by atoms with Gasteiger partial charge in [0.2, 0.25) is 17.7 Å². The molecule has 2 aromatic heterocycles. The maximum absolute atomic E-state index is 13.7. The van der Waals surface area contributed by atoms with E-state index in [9.17, 15) is 24.3 Å². The molecule has 0 spiro atoms. The Hall–Kier alpha value is -3.47. The van der Waals surface area contributed by atoms with E-state index in [4.69, 9.17) is 4.74 Å². The van der Waals surface area contributed by atoms with Crippen molar-refractivity contribution in [3.05, 3.63) is 24.0 Å². The van der Waals surface area contributed by atoms with Crippen LogP contribution in [0.5, 0.6) is 5.88 Å². The van der Waals surface area contributed by atoms with Gasteiger partial charge >= 0.3 is 0 Å². The first kappa shape index (κ1) is 24.2. The second-order valence-corrected chi connectivity index (χ2v) is 9.92. The highest BCUT2D eigenvalue weighted by Gasteiger charge is 2.50. The number of amides is 3. The van der Waals surface area contributed by atoms with Crippen LogP contribution in [0.15, 0.2) is 18.3 Å². The number of nitrogens with one attached hydrogen (secondary N) is 3. The number of ether oxygens (including phenoxy) is 1. The van der Waals surface area contributed by atoms with Gasteiger partial charge < -0.3 is 30.4 Å². The second kappa shape index (κ2) is 9.88. The first-order chi connectivity index (χ1) is 17.4. The molecule has 4 N–H and O–H groups in total. The lowest BCUT2D eigenvalue weighted by atomic mass is 9.92. The number of likely N-dealkylation sites (tertiary alicyclic amines) is 1. The van der Waals surface area contributed by atoms with Crippen molar-refractivity contribution in [2.24, 2.45) is 17.8 Å². The molecule has 3 aliphatic rings. The van der Waals surface area contributed by atoms with Crippen LogP contribution in [0.2, 0.25) is 0 Å². The third-order valence-corrected chi connectivity index (χ3v) is 7.90. The molecule has 0 bridgehead atoms. The lowest BCUT2D eigenvalue weighted by Crippen LogP contribution is -2.53. The molecule has 3 fully saturated rings. The molecule has 4 heterocycles. The molecule has 192 valence electrons. The third-order valence-electron chi connectivity index (χ3n) is 7.90. The minimum Gasteiger partial charge on any atom is -0.481 e. The molecule has 0 radical (unpaired) electrons. The fraction of sp³-hybridized carbons (Fsp3) is 0.560. The van der Waals surface area contributed by atoms with E-state index in [0.717, 1.165) is 19.3 Å². The summed E-state index contributed by atoms with van der Waals surface area (Å²) in [5.41, 5.74) is 1.04. The molecule has 36 heavy (non-hydrogen) atoms. The summed E-state index contributed by atoms with van der Waals surface area (Å²) in [5, 5.41) is 15.7.